The molecule has 1 aromatic rings. The maximum absolute atomic E-state index is 13.3. The van der Waals surface area contributed by atoms with Crippen molar-refractivity contribution in [3.05, 3.63) is 22.4 Å². The zero-order chi connectivity index (χ0) is 20.0. The van der Waals surface area contributed by atoms with E-state index in [-0.39, 0.29) is 35.7 Å². The van der Waals surface area contributed by atoms with Crippen LogP contribution in [0.3, 0.4) is 0 Å². The lowest BCUT2D eigenvalue weighted by atomic mass is 10.1. The summed E-state index contributed by atoms with van der Waals surface area (Å²) >= 11 is 1.46. The first-order chi connectivity index (χ1) is 14.1. The molecule has 1 N–H and O–H groups in total. The molecule has 2 saturated carbocycles. The molecule has 7 nitrogen and oxygen atoms in total. The molecule has 2 saturated heterocycles. The Labute approximate surface area is 175 Å². The number of likely N-dealkylation sites (tertiary alicyclic amines) is 1. The van der Waals surface area contributed by atoms with Crippen LogP contribution >= 0.6 is 11.3 Å². The SMILES string of the molecule is O=C(C1CC(N(C(=O)c2cccs2)C2CC2)CN1C(=O)C1CC1)N1CCNCC1. The van der Waals surface area contributed by atoms with E-state index in [1.807, 2.05) is 32.2 Å². The van der Waals surface area contributed by atoms with E-state index in [4.69, 9.17) is 0 Å². The third kappa shape index (κ3) is 3.80. The first-order valence-electron chi connectivity index (χ1n) is 10.8. The van der Waals surface area contributed by atoms with Crippen molar-refractivity contribution in [2.24, 2.45) is 5.92 Å². The Morgan fingerprint density at radius 3 is 2.41 bits per heavy atom. The third-order valence-electron chi connectivity index (χ3n) is 6.50. The van der Waals surface area contributed by atoms with Gasteiger partial charge in [0.15, 0.2) is 0 Å². The Morgan fingerprint density at radius 2 is 1.79 bits per heavy atom. The zero-order valence-corrected chi connectivity index (χ0v) is 17.4. The molecular formula is C21H28N4O3S. The van der Waals surface area contributed by atoms with E-state index < -0.39 is 6.04 Å². The minimum Gasteiger partial charge on any atom is -0.338 e. The van der Waals surface area contributed by atoms with Crippen LogP contribution in [-0.2, 0) is 9.59 Å². The van der Waals surface area contributed by atoms with Crippen LogP contribution in [0.1, 0.15) is 41.8 Å². The van der Waals surface area contributed by atoms with Crippen molar-refractivity contribution in [1.82, 2.24) is 20.0 Å². The summed E-state index contributed by atoms with van der Waals surface area (Å²) in [5.74, 6) is 0.304. The summed E-state index contributed by atoms with van der Waals surface area (Å²) < 4.78 is 0. The number of carbonyl (C=O) groups is 3. The first-order valence-corrected chi connectivity index (χ1v) is 11.7. The Kier molecular flexibility index (Phi) is 5.07. The maximum Gasteiger partial charge on any atom is 0.264 e. The second-order valence-electron chi connectivity index (χ2n) is 8.67. The monoisotopic (exact) mass is 416 g/mol. The normalized spacial score (nSPS) is 27.2. The number of thiophene rings is 1. The van der Waals surface area contributed by atoms with Crippen LogP contribution in [0, 0.1) is 5.92 Å². The molecule has 1 aromatic heterocycles. The number of nitrogens with one attached hydrogen (secondary N) is 1. The van der Waals surface area contributed by atoms with Gasteiger partial charge < -0.3 is 20.0 Å². The topological polar surface area (TPSA) is 73.0 Å². The molecule has 2 unspecified atom stereocenters. The molecule has 0 aromatic carbocycles. The highest BCUT2D eigenvalue weighted by Gasteiger charge is 2.50. The summed E-state index contributed by atoms with van der Waals surface area (Å²) in [6.07, 6.45) is 4.44. The molecule has 3 heterocycles. The minimum atomic E-state index is -0.427. The van der Waals surface area contributed by atoms with Crippen molar-refractivity contribution in [2.45, 2.75) is 50.2 Å². The van der Waals surface area contributed by atoms with Gasteiger partial charge in [-0.25, -0.2) is 0 Å². The molecule has 0 bridgehead atoms. The van der Waals surface area contributed by atoms with Gasteiger partial charge in [-0.3, -0.25) is 14.4 Å². The second kappa shape index (κ2) is 7.72. The predicted octanol–water partition coefficient (Wildman–Crippen LogP) is 1.16. The molecule has 5 rings (SSSR count). The van der Waals surface area contributed by atoms with Crippen LogP contribution in [0.2, 0.25) is 0 Å². The number of nitrogens with zero attached hydrogens (tertiary/aromatic N) is 3. The Hall–Kier alpha value is -1.93. The van der Waals surface area contributed by atoms with E-state index in [0.717, 1.165) is 43.6 Å². The van der Waals surface area contributed by atoms with Crippen LogP contribution < -0.4 is 5.32 Å². The largest absolute Gasteiger partial charge is 0.338 e. The van der Waals surface area contributed by atoms with E-state index >= 15 is 0 Å². The molecule has 156 valence electrons. The number of hydrogen-bond donors (Lipinski definition) is 1. The van der Waals surface area contributed by atoms with E-state index in [0.29, 0.717) is 26.1 Å². The number of rotatable bonds is 5. The van der Waals surface area contributed by atoms with Gasteiger partial charge in [0.2, 0.25) is 11.8 Å². The fourth-order valence-electron chi connectivity index (χ4n) is 4.66. The van der Waals surface area contributed by atoms with Crippen LogP contribution in [0.25, 0.3) is 0 Å². The van der Waals surface area contributed by atoms with Gasteiger partial charge in [0, 0.05) is 44.7 Å². The lowest BCUT2D eigenvalue weighted by Gasteiger charge is -2.32. The first kappa shape index (κ1) is 19.1. The fourth-order valence-corrected chi connectivity index (χ4v) is 5.33. The molecule has 2 atom stereocenters. The highest BCUT2D eigenvalue weighted by Crippen LogP contribution is 2.38. The lowest BCUT2D eigenvalue weighted by Crippen LogP contribution is -2.53. The summed E-state index contributed by atoms with van der Waals surface area (Å²) in [5, 5.41) is 5.20. The van der Waals surface area contributed by atoms with Gasteiger partial charge in [0.05, 0.1) is 10.9 Å². The molecule has 4 aliphatic rings. The standard InChI is InChI=1S/C21H28N4O3S/c26-19(14-3-4-14)24-13-16(12-17(24)20(27)23-9-7-22-8-10-23)25(15-5-6-15)21(28)18-2-1-11-29-18/h1-2,11,14-17,22H,3-10,12-13H2. The molecule has 2 aliphatic carbocycles. The molecule has 4 fully saturated rings. The quantitative estimate of drug-likeness (QED) is 0.782. The van der Waals surface area contributed by atoms with Gasteiger partial charge in [0.1, 0.15) is 6.04 Å². The summed E-state index contributed by atoms with van der Waals surface area (Å²) in [4.78, 5) is 45.9. The van der Waals surface area contributed by atoms with Gasteiger partial charge in [-0.05, 0) is 43.6 Å². The van der Waals surface area contributed by atoms with Crippen molar-refractivity contribution in [2.75, 3.05) is 32.7 Å². The summed E-state index contributed by atoms with van der Waals surface area (Å²) in [5.41, 5.74) is 0. The average molecular weight is 417 g/mol. The summed E-state index contributed by atoms with van der Waals surface area (Å²) in [7, 11) is 0. The minimum absolute atomic E-state index is 0.0570. The van der Waals surface area contributed by atoms with E-state index in [2.05, 4.69) is 5.32 Å². The van der Waals surface area contributed by atoms with Gasteiger partial charge in [-0.1, -0.05) is 6.07 Å². The second-order valence-corrected chi connectivity index (χ2v) is 9.61. The highest BCUT2D eigenvalue weighted by atomic mass is 32.1. The number of amides is 3. The molecule has 0 radical (unpaired) electrons. The van der Waals surface area contributed by atoms with Gasteiger partial charge in [-0.15, -0.1) is 11.3 Å². The van der Waals surface area contributed by atoms with Gasteiger partial charge >= 0.3 is 0 Å². The smallest absolute Gasteiger partial charge is 0.264 e. The lowest BCUT2D eigenvalue weighted by molar-refractivity contribution is -0.144. The van der Waals surface area contributed by atoms with Crippen molar-refractivity contribution < 1.29 is 14.4 Å². The Morgan fingerprint density at radius 1 is 1.03 bits per heavy atom. The Balaban J connectivity index is 1.38. The molecule has 3 amide bonds. The number of hydrogen-bond acceptors (Lipinski definition) is 5. The molecule has 2 aliphatic heterocycles. The van der Waals surface area contributed by atoms with Crippen molar-refractivity contribution in [3.63, 3.8) is 0 Å². The van der Waals surface area contributed by atoms with Crippen molar-refractivity contribution >= 4 is 29.1 Å². The molecular weight excluding hydrogens is 388 g/mol. The Bertz CT molecular complexity index is 784. The molecule has 8 heteroatoms. The number of piperazine rings is 1. The van der Waals surface area contributed by atoms with Crippen LogP contribution in [0.5, 0.6) is 0 Å². The fraction of sp³-hybridized carbons (Fsp3) is 0.667. The molecule has 0 spiro atoms. The van der Waals surface area contributed by atoms with Crippen molar-refractivity contribution in [3.8, 4) is 0 Å². The summed E-state index contributed by atoms with van der Waals surface area (Å²) in [6.45, 7) is 3.45. The maximum atomic E-state index is 13.3. The van der Waals surface area contributed by atoms with E-state index in [1.54, 1.807) is 0 Å². The van der Waals surface area contributed by atoms with Crippen LogP contribution in [0.15, 0.2) is 17.5 Å². The van der Waals surface area contributed by atoms with E-state index in [1.165, 1.54) is 11.3 Å². The van der Waals surface area contributed by atoms with Gasteiger partial charge in [-0.2, -0.15) is 0 Å². The average Bonchev–Trinajstić information content (AvgIpc) is 3.67. The van der Waals surface area contributed by atoms with Gasteiger partial charge in [0.25, 0.3) is 5.91 Å². The third-order valence-corrected chi connectivity index (χ3v) is 7.36. The van der Waals surface area contributed by atoms with Crippen LogP contribution in [-0.4, -0.2) is 83.3 Å². The summed E-state index contributed by atoms with van der Waals surface area (Å²) in [6, 6.07) is 3.52. The zero-order valence-electron chi connectivity index (χ0n) is 16.6. The van der Waals surface area contributed by atoms with Crippen molar-refractivity contribution in [1.29, 1.82) is 0 Å². The highest BCUT2D eigenvalue weighted by molar-refractivity contribution is 7.12. The van der Waals surface area contributed by atoms with E-state index in [9.17, 15) is 14.4 Å². The predicted molar refractivity (Wildman–Crippen MR) is 110 cm³/mol. The number of carbonyl (C=O) groups excluding carboxylic acids is 3. The molecule has 29 heavy (non-hydrogen) atoms. The van der Waals surface area contributed by atoms with Crippen LogP contribution in [0.4, 0.5) is 0 Å².